The lowest BCUT2D eigenvalue weighted by molar-refractivity contribution is -0.384. The highest BCUT2D eigenvalue weighted by Gasteiger charge is 2.21. The molecule has 0 saturated carbocycles. The number of nitrogens with zero attached hydrogens (tertiary/aromatic N) is 1. The molecule has 0 saturated heterocycles. The molecule has 2 rings (SSSR count). The monoisotopic (exact) mass is 299 g/mol. The first-order valence-corrected chi connectivity index (χ1v) is 6.53. The van der Waals surface area contributed by atoms with Crippen LogP contribution in [0.4, 0.5) is 5.69 Å². The first kappa shape index (κ1) is 15.4. The zero-order chi connectivity index (χ0) is 16.1. The van der Waals surface area contributed by atoms with Crippen molar-refractivity contribution in [3.05, 3.63) is 75.8 Å². The summed E-state index contributed by atoms with van der Waals surface area (Å²) in [5.41, 5.74) is 0.274. The molecule has 22 heavy (non-hydrogen) atoms. The Labute approximate surface area is 126 Å². The van der Waals surface area contributed by atoms with Crippen LogP contribution in [0.1, 0.15) is 27.6 Å². The van der Waals surface area contributed by atoms with Crippen molar-refractivity contribution >= 4 is 17.4 Å². The van der Waals surface area contributed by atoms with E-state index in [1.165, 1.54) is 25.1 Å². The number of esters is 1. The molecule has 2 aromatic rings. The Morgan fingerprint density at radius 1 is 1.05 bits per heavy atom. The number of nitro benzene ring substituents is 1. The van der Waals surface area contributed by atoms with Gasteiger partial charge in [0.1, 0.15) is 0 Å². The Balaban J connectivity index is 2.11. The molecular formula is C16H13NO5. The maximum absolute atomic E-state index is 12.2. The molecule has 6 heteroatoms. The summed E-state index contributed by atoms with van der Waals surface area (Å²) < 4.78 is 5.09. The SMILES string of the molecule is CC(OC(=O)c1ccccc1)C(=O)c1cccc([N+](=O)[O-])c1. The lowest BCUT2D eigenvalue weighted by Gasteiger charge is -2.12. The number of carbonyl (C=O) groups excluding carboxylic acids is 2. The van der Waals surface area contributed by atoms with E-state index in [9.17, 15) is 19.7 Å². The van der Waals surface area contributed by atoms with Crippen LogP contribution in [0.25, 0.3) is 0 Å². The molecule has 2 aromatic carbocycles. The minimum atomic E-state index is -1.03. The molecule has 0 aromatic heterocycles. The quantitative estimate of drug-likeness (QED) is 0.366. The first-order valence-electron chi connectivity index (χ1n) is 6.53. The van der Waals surface area contributed by atoms with Crippen LogP contribution in [0, 0.1) is 10.1 Å². The largest absolute Gasteiger partial charge is 0.451 e. The van der Waals surface area contributed by atoms with Crippen LogP contribution in [0.2, 0.25) is 0 Å². The van der Waals surface area contributed by atoms with Crippen LogP contribution in [0.5, 0.6) is 0 Å². The molecule has 0 aliphatic carbocycles. The second-order valence-electron chi connectivity index (χ2n) is 4.59. The molecule has 1 atom stereocenters. The first-order chi connectivity index (χ1) is 10.5. The standard InChI is InChI=1S/C16H13NO5/c1-11(22-16(19)12-6-3-2-4-7-12)15(18)13-8-5-9-14(10-13)17(20)21/h2-11H,1H3. The molecule has 0 amide bonds. The number of ketones is 1. The van der Waals surface area contributed by atoms with E-state index in [2.05, 4.69) is 0 Å². The predicted molar refractivity (Wildman–Crippen MR) is 78.7 cm³/mol. The van der Waals surface area contributed by atoms with Crippen LogP contribution in [0.15, 0.2) is 54.6 Å². The van der Waals surface area contributed by atoms with Gasteiger partial charge in [-0.1, -0.05) is 30.3 Å². The summed E-state index contributed by atoms with van der Waals surface area (Å²) in [5.74, 6) is -1.11. The lowest BCUT2D eigenvalue weighted by Crippen LogP contribution is -2.24. The van der Waals surface area contributed by atoms with Crippen molar-refractivity contribution in [2.45, 2.75) is 13.0 Å². The number of benzene rings is 2. The number of non-ortho nitro benzene ring substituents is 1. The summed E-state index contributed by atoms with van der Waals surface area (Å²) in [6, 6.07) is 13.6. The van der Waals surface area contributed by atoms with Gasteiger partial charge in [-0.3, -0.25) is 14.9 Å². The van der Waals surface area contributed by atoms with E-state index in [1.807, 2.05) is 0 Å². The Kier molecular flexibility index (Phi) is 4.63. The Hall–Kier alpha value is -3.02. The fourth-order valence-electron chi connectivity index (χ4n) is 1.86. The highest BCUT2D eigenvalue weighted by molar-refractivity contribution is 6.01. The molecule has 112 valence electrons. The Morgan fingerprint density at radius 3 is 2.32 bits per heavy atom. The molecule has 0 aliphatic heterocycles. The van der Waals surface area contributed by atoms with Crippen molar-refractivity contribution in [2.75, 3.05) is 0 Å². The van der Waals surface area contributed by atoms with E-state index in [4.69, 9.17) is 4.74 Å². The van der Waals surface area contributed by atoms with E-state index < -0.39 is 22.8 Å². The Morgan fingerprint density at radius 2 is 1.68 bits per heavy atom. The zero-order valence-corrected chi connectivity index (χ0v) is 11.8. The fourth-order valence-corrected chi connectivity index (χ4v) is 1.86. The molecule has 0 bridgehead atoms. The molecule has 0 spiro atoms. The topological polar surface area (TPSA) is 86.5 Å². The second kappa shape index (κ2) is 6.62. The van der Waals surface area contributed by atoms with Gasteiger partial charge in [0.05, 0.1) is 10.5 Å². The summed E-state index contributed by atoms with van der Waals surface area (Å²) in [6.07, 6.45) is -1.03. The highest BCUT2D eigenvalue weighted by Crippen LogP contribution is 2.16. The molecule has 0 fully saturated rings. The molecule has 0 radical (unpaired) electrons. The maximum atomic E-state index is 12.2. The van der Waals surface area contributed by atoms with Crippen molar-refractivity contribution < 1.29 is 19.2 Å². The van der Waals surface area contributed by atoms with Crippen molar-refractivity contribution in [1.29, 1.82) is 0 Å². The number of ether oxygens (including phenoxy) is 1. The number of carbonyl (C=O) groups is 2. The van der Waals surface area contributed by atoms with E-state index in [-0.39, 0.29) is 11.3 Å². The van der Waals surface area contributed by atoms with E-state index >= 15 is 0 Å². The van der Waals surface area contributed by atoms with Crippen LogP contribution in [-0.4, -0.2) is 22.8 Å². The van der Waals surface area contributed by atoms with Crippen molar-refractivity contribution in [1.82, 2.24) is 0 Å². The third-order valence-electron chi connectivity index (χ3n) is 3.00. The van der Waals surface area contributed by atoms with Gasteiger partial charge in [-0.25, -0.2) is 4.79 Å². The minimum Gasteiger partial charge on any atom is -0.451 e. The number of rotatable bonds is 5. The number of nitro groups is 1. The van der Waals surface area contributed by atoms with E-state index in [1.54, 1.807) is 30.3 Å². The minimum absolute atomic E-state index is 0.127. The predicted octanol–water partition coefficient (Wildman–Crippen LogP) is 3.02. The van der Waals surface area contributed by atoms with Crippen LogP contribution in [0.3, 0.4) is 0 Å². The van der Waals surface area contributed by atoms with Gasteiger partial charge in [-0.2, -0.15) is 0 Å². The summed E-state index contributed by atoms with van der Waals surface area (Å²) in [7, 11) is 0. The zero-order valence-electron chi connectivity index (χ0n) is 11.8. The number of hydrogen-bond acceptors (Lipinski definition) is 5. The lowest BCUT2D eigenvalue weighted by atomic mass is 10.1. The molecule has 0 aliphatic rings. The molecule has 0 N–H and O–H groups in total. The normalized spacial score (nSPS) is 11.5. The summed E-state index contributed by atoms with van der Waals surface area (Å²) in [5, 5.41) is 10.7. The second-order valence-corrected chi connectivity index (χ2v) is 4.59. The average molecular weight is 299 g/mol. The maximum Gasteiger partial charge on any atom is 0.338 e. The van der Waals surface area contributed by atoms with Gasteiger partial charge in [0.25, 0.3) is 5.69 Å². The number of hydrogen-bond donors (Lipinski definition) is 0. The van der Waals surface area contributed by atoms with Crippen LogP contribution in [-0.2, 0) is 4.74 Å². The van der Waals surface area contributed by atoms with Gasteiger partial charge in [0.2, 0.25) is 5.78 Å². The Bertz CT molecular complexity index is 711. The third kappa shape index (κ3) is 3.54. The third-order valence-corrected chi connectivity index (χ3v) is 3.00. The molecule has 1 unspecified atom stereocenters. The fraction of sp³-hybridized carbons (Fsp3) is 0.125. The van der Waals surface area contributed by atoms with Gasteiger partial charge in [0, 0.05) is 17.7 Å². The average Bonchev–Trinajstić information content (AvgIpc) is 2.54. The summed E-state index contributed by atoms with van der Waals surface area (Å²) >= 11 is 0. The van der Waals surface area contributed by atoms with Gasteiger partial charge in [-0.05, 0) is 19.1 Å². The number of Topliss-reactive ketones (excluding diaryl/α,β-unsaturated/α-hetero) is 1. The van der Waals surface area contributed by atoms with Crippen LogP contribution >= 0.6 is 0 Å². The van der Waals surface area contributed by atoms with Crippen molar-refractivity contribution in [3.63, 3.8) is 0 Å². The molecular weight excluding hydrogens is 286 g/mol. The smallest absolute Gasteiger partial charge is 0.338 e. The van der Waals surface area contributed by atoms with Gasteiger partial charge in [0.15, 0.2) is 6.10 Å². The molecule has 0 heterocycles. The van der Waals surface area contributed by atoms with E-state index in [0.717, 1.165) is 6.07 Å². The van der Waals surface area contributed by atoms with Crippen LogP contribution < -0.4 is 0 Å². The summed E-state index contributed by atoms with van der Waals surface area (Å²) in [4.78, 5) is 34.2. The van der Waals surface area contributed by atoms with Gasteiger partial charge in [-0.15, -0.1) is 0 Å². The van der Waals surface area contributed by atoms with Gasteiger partial charge < -0.3 is 4.74 Å². The highest BCUT2D eigenvalue weighted by atomic mass is 16.6. The van der Waals surface area contributed by atoms with Crippen molar-refractivity contribution in [3.8, 4) is 0 Å². The van der Waals surface area contributed by atoms with Crippen molar-refractivity contribution in [2.24, 2.45) is 0 Å². The van der Waals surface area contributed by atoms with E-state index in [0.29, 0.717) is 5.56 Å². The summed E-state index contributed by atoms with van der Waals surface area (Å²) in [6.45, 7) is 1.43. The van der Waals surface area contributed by atoms with Gasteiger partial charge >= 0.3 is 5.97 Å². The molecule has 6 nitrogen and oxygen atoms in total.